The van der Waals surface area contributed by atoms with Gasteiger partial charge in [0.15, 0.2) is 5.69 Å². The first-order valence-electron chi connectivity index (χ1n) is 8.57. The van der Waals surface area contributed by atoms with Crippen LogP contribution in [0.5, 0.6) is 0 Å². The summed E-state index contributed by atoms with van der Waals surface area (Å²) in [5.41, 5.74) is 1.09. The molecule has 3 aromatic rings. The first kappa shape index (κ1) is 17.8. The third-order valence-corrected chi connectivity index (χ3v) is 4.49. The minimum absolute atomic E-state index is 0.00775. The van der Waals surface area contributed by atoms with E-state index in [4.69, 9.17) is 5.26 Å². The maximum absolute atomic E-state index is 12.0. The lowest BCUT2D eigenvalue weighted by atomic mass is 10.1. The molecule has 2 atom stereocenters. The van der Waals surface area contributed by atoms with E-state index in [1.807, 2.05) is 12.1 Å². The molecule has 9 heteroatoms. The summed E-state index contributed by atoms with van der Waals surface area (Å²) in [6.45, 7) is 0. The highest BCUT2D eigenvalue weighted by Crippen LogP contribution is 2.48. The molecule has 0 aliphatic heterocycles. The minimum atomic E-state index is -0.616. The van der Waals surface area contributed by atoms with Gasteiger partial charge in [-0.15, -0.1) is 10.2 Å². The molecule has 1 saturated carbocycles. The van der Waals surface area contributed by atoms with Crippen molar-refractivity contribution in [2.24, 2.45) is 5.92 Å². The molecule has 1 fully saturated rings. The van der Waals surface area contributed by atoms with Gasteiger partial charge in [-0.3, -0.25) is 9.78 Å². The van der Waals surface area contributed by atoms with E-state index < -0.39 is 11.2 Å². The van der Waals surface area contributed by atoms with Gasteiger partial charge in [-0.1, -0.05) is 5.92 Å². The lowest BCUT2D eigenvalue weighted by Gasteiger charge is -2.04. The molecular weight excluding hydrogens is 370 g/mol. The average molecular weight is 381 g/mol. The predicted octanol–water partition coefficient (Wildman–Crippen LogP) is 0.814. The van der Waals surface area contributed by atoms with E-state index in [0.29, 0.717) is 16.8 Å². The molecule has 3 aromatic heterocycles. The van der Waals surface area contributed by atoms with Gasteiger partial charge in [0.05, 0.1) is 11.1 Å². The van der Waals surface area contributed by atoms with Crippen LogP contribution >= 0.6 is 0 Å². The second kappa shape index (κ2) is 7.22. The summed E-state index contributed by atoms with van der Waals surface area (Å²) >= 11 is 0. The first-order valence-corrected chi connectivity index (χ1v) is 8.57. The minimum Gasteiger partial charge on any atom is -0.313 e. The number of nitrogens with zero attached hydrogens (tertiary/aromatic N) is 5. The predicted molar refractivity (Wildman–Crippen MR) is 100 cm³/mol. The number of H-pyrrole nitrogens is 2. The molecule has 3 heterocycles. The molecule has 4 rings (SSSR count). The molecule has 0 aromatic carbocycles. The lowest BCUT2D eigenvalue weighted by molar-refractivity contribution is 0.936. The topological polar surface area (TPSA) is 152 Å². The largest absolute Gasteiger partial charge is 0.325 e. The zero-order chi connectivity index (χ0) is 20.4. The smallest absolute Gasteiger partial charge is 0.313 e. The van der Waals surface area contributed by atoms with E-state index in [2.05, 4.69) is 37.0 Å². The molecule has 2 N–H and O–H groups in total. The lowest BCUT2D eigenvalue weighted by Crippen LogP contribution is -2.23. The van der Waals surface area contributed by atoms with Gasteiger partial charge < -0.3 is 4.98 Å². The fourth-order valence-corrected chi connectivity index (χ4v) is 2.91. The normalized spacial score (nSPS) is 16.8. The van der Waals surface area contributed by atoms with Crippen molar-refractivity contribution in [1.82, 2.24) is 25.1 Å². The summed E-state index contributed by atoms with van der Waals surface area (Å²) < 4.78 is 0. The zero-order valence-electron chi connectivity index (χ0n) is 14.8. The Morgan fingerprint density at radius 2 is 2.00 bits per heavy atom. The van der Waals surface area contributed by atoms with Crippen LogP contribution in [0.2, 0.25) is 0 Å². The van der Waals surface area contributed by atoms with Gasteiger partial charge >= 0.3 is 5.69 Å². The van der Waals surface area contributed by atoms with Gasteiger partial charge in [-0.25, -0.2) is 9.78 Å². The van der Waals surface area contributed by atoms with Crippen molar-refractivity contribution in [3.8, 4) is 35.2 Å². The van der Waals surface area contributed by atoms with Crippen LogP contribution in [0.25, 0.3) is 11.3 Å². The molecule has 0 spiro atoms. The van der Waals surface area contributed by atoms with Crippen LogP contribution < -0.4 is 11.2 Å². The van der Waals surface area contributed by atoms with Crippen molar-refractivity contribution in [3.63, 3.8) is 0 Å². The fourth-order valence-electron chi connectivity index (χ4n) is 2.91. The number of nitrogens with one attached hydrogen (secondary N) is 2. The zero-order valence-corrected chi connectivity index (χ0v) is 14.8. The van der Waals surface area contributed by atoms with Crippen molar-refractivity contribution in [2.45, 2.75) is 12.3 Å². The van der Waals surface area contributed by atoms with E-state index >= 15 is 0 Å². The van der Waals surface area contributed by atoms with E-state index in [0.717, 1.165) is 6.42 Å². The Balaban J connectivity index is 1.61. The van der Waals surface area contributed by atoms with Crippen LogP contribution in [-0.2, 0) is 0 Å². The van der Waals surface area contributed by atoms with E-state index in [9.17, 15) is 14.9 Å². The van der Waals surface area contributed by atoms with Crippen LogP contribution in [0.4, 0.5) is 0 Å². The van der Waals surface area contributed by atoms with Crippen LogP contribution in [0.15, 0.2) is 40.2 Å². The van der Waals surface area contributed by atoms with E-state index in [-0.39, 0.29) is 28.8 Å². The van der Waals surface area contributed by atoms with Crippen molar-refractivity contribution < 1.29 is 0 Å². The monoisotopic (exact) mass is 381 g/mol. The van der Waals surface area contributed by atoms with Crippen LogP contribution in [-0.4, -0.2) is 25.1 Å². The quantitative estimate of drug-likeness (QED) is 0.623. The van der Waals surface area contributed by atoms with Gasteiger partial charge in [0.1, 0.15) is 23.5 Å². The van der Waals surface area contributed by atoms with E-state index in [1.54, 1.807) is 18.2 Å². The molecule has 0 bridgehead atoms. The molecule has 138 valence electrons. The Morgan fingerprint density at radius 1 is 1.14 bits per heavy atom. The number of nitriles is 2. The number of pyridine rings is 1. The standard InChI is InChI=1S/C20H11N7O2/c21-7-11-1-3-13(23-9-11)4-2-12-5-14(12)15-6-17(26-27-18(15)8-22)16-10-24-20(29)25-19(16)28/h1,3,6,9-10,12,14H,5H2,(H2,24,25,28,29)/t12-,14-/m0/s1. The number of hydrogen-bond donors (Lipinski definition) is 2. The maximum atomic E-state index is 12.0. The third kappa shape index (κ3) is 3.64. The van der Waals surface area contributed by atoms with Crippen molar-refractivity contribution in [1.29, 1.82) is 10.5 Å². The number of aromatic amines is 2. The summed E-state index contributed by atoms with van der Waals surface area (Å²) in [5.74, 6) is 6.10. The Morgan fingerprint density at radius 3 is 2.69 bits per heavy atom. The summed E-state index contributed by atoms with van der Waals surface area (Å²) in [5, 5.41) is 26.0. The summed E-state index contributed by atoms with van der Waals surface area (Å²) in [6, 6.07) is 8.99. The molecule has 1 aliphatic rings. The van der Waals surface area contributed by atoms with Crippen molar-refractivity contribution in [3.05, 3.63) is 73.9 Å². The van der Waals surface area contributed by atoms with Gasteiger partial charge in [-0.2, -0.15) is 10.5 Å². The maximum Gasteiger partial charge on any atom is 0.325 e. The first-order chi connectivity index (χ1) is 14.1. The number of hydrogen-bond acceptors (Lipinski definition) is 7. The Labute approximate surface area is 163 Å². The molecule has 0 radical (unpaired) electrons. The molecule has 0 unspecified atom stereocenters. The number of aromatic nitrogens is 5. The average Bonchev–Trinajstić information content (AvgIpc) is 3.52. The Hall–Kier alpha value is -4.55. The van der Waals surface area contributed by atoms with Crippen LogP contribution in [0, 0.1) is 40.4 Å². The molecule has 29 heavy (non-hydrogen) atoms. The van der Waals surface area contributed by atoms with Gasteiger partial charge in [0.25, 0.3) is 5.56 Å². The molecule has 0 amide bonds. The summed E-state index contributed by atoms with van der Waals surface area (Å²) in [6.07, 6.45) is 3.47. The Kier molecular flexibility index (Phi) is 4.44. The third-order valence-electron chi connectivity index (χ3n) is 4.49. The number of rotatable bonds is 2. The van der Waals surface area contributed by atoms with Crippen molar-refractivity contribution >= 4 is 0 Å². The molecular formula is C20H11N7O2. The molecule has 9 nitrogen and oxygen atoms in total. The second-order valence-electron chi connectivity index (χ2n) is 6.39. The fraction of sp³-hybridized carbons (Fsp3) is 0.150. The van der Waals surface area contributed by atoms with Crippen LogP contribution in [0.1, 0.15) is 34.9 Å². The van der Waals surface area contributed by atoms with Crippen molar-refractivity contribution in [2.75, 3.05) is 0 Å². The summed E-state index contributed by atoms with van der Waals surface area (Å²) in [4.78, 5) is 31.8. The van der Waals surface area contributed by atoms with Gasteiger partial charge in [0, 0.05) is 24.2 Å². The highest BCUT2D eigenvalue weighted by Gasteiger charge is 2.39. The van der Waals surface area contributed by atoms with E-state index in [1.165, 1.54) is 12.4 Å². The molecule has 1 aliphatic carbocycles. The second-order valence-corrected chi connectivity index (χ2v) is 6.39. The Bertz CT molecular complexity index is 1360. The van der Waals surface area contributed by atoms with Gasteiger partial charge in [-0.05, 0) is 36.1 Å². The highest BCUT2D eigenvalue weighted by molar-refractivity contribution is 5.59. The van der Waals surface area contributed by atoms with Gasteiger partial charge in [0.2, 0.25) is 0 Å². The summed E-state index contributed by atoms with van der Waals surface area (Å²) in [7, 11) is 0. The van der Waals surface area contributed by atoms with Crippen LogP contribution in [0.3, 0.4) is 0 Å². The molecule has 0 saturated heterocycles. The highest BCUT2D eigenvalue weighted by atomic mass is 16.2. The SMILES string of the molecule is N#Cc1ccc(C#C[C@H]2C[C@@H]2c2cc(-c3c[nH]c(=O)[nH]c3=O)nnc2C#N)nc1.